The summed E-state index contributed by atoms with van der Waals surface area (Å²) < 4.78 is 6.14. The molecule has 2 N–H and O–H groups in total. The van der Waals surface area contributed by atoms with E-state index in [2.05, 4.69) is 96.2 Å². The molecule has 0 bridgehead atoms. The number of nitrogens with one attached hydrogen (secondary N) is 2. The summed E-state index contributed by atoms with van der Waals surface area (Å²) >= 11 is 0. The summed E-state index contributed by atoms with van der Waals surface area (Å²) in [6.07, 6.45) is 7.95. The minimum absolute atomic E-state index is 0.159. The minimum Gasteiger partial charge on any atom is -0.487 e. The fourth-order valence-electron chi connectivity index (χ4n) is 5.70. The number of rotatable bonds is 9. The Balaban J connectivity index is 1.17. The topological polar surface area (TPSA) is 40.3 Å². The molecule has 3 aromatic carbocycles. The largest absolute Gasteiger partial charge is 0.487 e. The fourth-order valence-corrected chi connectivity index (χ4v) is 5.70. The standard InChI is InChI=1S/C31H37N3O/c1-34(2)31(26-12-7-4-8-13-26)19-16-27(17-20-31)32-21-18-25-22-33-30-28(25)14-9-15-29(30)35-23-24-10-5-3-6-11-24/h3-15,22,27,32-33H,16-21,23H2,1-2H3. The summed E-state index contributed by atoms with van der Waals surface area (Å²) in [5.74, 6) is 0.916. The number of fused-ring (bicyclic) bond motifs is 1. The van der Waals surface area contributed by atoms with Gasteiger partial charge in [-0.1, -0.05) is 72.8 Å². The average molecular weight is 468 g/mol. The van der Waals surface area contributed by atoms with Gasteiger partial charge in [0.05, 0.1) is 5.52 Å². The van der Waals surface area contributed by atoms with Gasteiger partial charge in [0.2, 0.25) is 0 Å². The third-order valence-corrected chi connectivity index (χ3v) is 7.81. The van der Waals surface area contributed by atoms with Crippen LogP contribution < -0.4 is 10.1 Å². The van der Waals surface area contributed by atoms with Crippen LogP contribution >= 0.6 is 0 Å². The van der Waals surface area contributed by atoms with E-state index in [0.717, 1.165) is 24.2 Å². The molecule has 1 saturated carbocycles. The molecule has 1 aromatic heterocycles. The fraction of sp³-hybridized carbons (Fsp3) is 0.355. The molecule has 0 spiro atoms. The maximum atomic E-state index is 6.14. The van der Waals surface area contributed by atoms with Crippen molar-refractivity contribution in [2.24, 2.45) is 0 Å². The highest BCUT2D eigenvalue weighted by Gasteiger charge is 2.38. The predicted octanol–water partition coefficient (Wildman–Crippen LogP) is 6.28. The molecule has 0 aliphatic heterocycles. The van der Waals surface area contributed by atoms with Gasteiger partial charge in [-0.25, -0.2) is 0 Å². The van der Waals surface area contributed by atoms with E-state index in [-0.39, 0.29) is 5.54 Å². The maximum Gasteiger partial charge on any atom is 0.143 e. The normalized spacial score (nSPS) is 20.4. The van der Waals surface area contributed by atoms with Crippen molar-refractivity contribution in [2.45, 2.75) is 50.3 Å². The lowest BCUT2D eigenvalue weighted by atomic mass is 9.74. The predicted molar refractivity (Wildman–Crippen MR) is 145 cm³/mol. The van der Waals surface area contributed by atoms with E-state index in [1.54, 1.807) is 0 Å². The van der Waals surface area contributed by atoms with Crippen LogP contribution in [0.1, 0.15) is 42.4 Å². The lowest BCUT2D eigenvalue weighted by Crippen LogP contribution is -2.48. The van der Waals surface area contributed by atoms with Crippen molar-refractivity contribution in [3.05, 3.63) is 102 Å². The number of hydrogen-bond donors (Lipinski definition) is 2. The monoisotopic (exact) mass is 467 g/mol. The number of para-hydroxylation sites is 1. The Morgan fingerprint density at radius 2 is 1.63 bits per heavy atom. The molecule has 0 saturated heterocycles. The van der Waals surface area contributed by atoms with Gasteiger partial charge in [-0.2, -0.15) is 0 Å². The van der Waals surface area contributed by atoms with Crippen molar-refractivity contribution in [2.75, 3.05) is 20.6 Å². The molecule has 4 nitrogen and oxygen atoms in total. The zero-order valence-electron chi connectivity index (χ0n) is 21.0. The minimum atomic E-state index is 0.159. The van der Waals surface area contributed by atoms with Gasteiger partial charge < -0.3 is 15.0 Å². The van der Waals surface area contributed by atoms with Crippen LogP contribution in [-0.2, 0) is 18.6 Å². The molecule has 0 atom stereocenters. The van der Waals surface area contributed by atoms with Crippen LogP contribution in [-0.4, -0.2) is 36.6 Å². The zero-order valence-corrected chi connectivity index (χ0v) is 21.0. The Hall–Kier alpha value is -3.08. The van der Waals surface area contributed by atoms with E-state index in [9.17, 15) is 0 Å². The number of H-pyrrole nitrogens is 1. The summed E-state index contributed by atoms with van der Waals surface area (Å²) in [6.45, 7) is 1.57. The second-order valence-corrected chi connectivity index (χ2v) is 10.0. The van der Waals surface area contributed by atoms with Crippen molar-refractivity contribution in [3.63, 3.8) is 0 Å². The molecular weight excluding hydrogens is 430 g/mol. The molecule has 1 aliphatic rings. The van der Waals surface area contributed by atoms with E-state index < -0.39 is 0 Å². The Kier molecular flexibility index (Phi) is 7.21. The average Bonchev–Trinajstić information content (AvgIpc) is 3.32. The number of hydrogen-bond acceptors (Lipinski definition) is 3. The van der Waals surface area contributed by atoms with E-state index in [1.807, 2.05) is 18.2 Å². The van der Waals surface area contributed by atoms with Crippen LogP contribution in [0, 0.1) is 0 Å². The first kappa shape index (κ1) is 23.7. The second-order valence-electron chi connectivity index (χ2n) is 10.0. The Bertz CT molecular complexity index is 1210. The number of benzene rings is 3. The molecule has 35 heavy (non-hydrogen) atoms. The molecule has 4 heteroatoms. The van der Waals surface area contributed by atoms with Gasteiger partial charge in [0.25, 0.3) is 0 Å². The Morgan fingerprint density at radius 1 is 0.914 bits per heavy atom. The first-order valence-corrected chi connectivity index (χ1v) is 12.9. The highest BCUT2D eigenvalue weighted by molar-refractivity contribution is 5.88. The van der Waals surface area contributed by atoms with Crippen molar-refractivity contribution in [1.82, 2.24) is 15.2 Å². The van der Waals surface area contributed by atoms with Crippen LogP contribution in [0.15, 0.2) is 85.1 Å². The van der Waals surface area contributed by atoms with Crippen LogP contribution in [0.2, 0.25) is 0 Å². The lowest BCUT2D eigenvalue weighted by Gasteiger charge is -2.45. The quantitative estimate of drug-likeness (QED) is 0.304. The van der Waals surface area contributed by atoms with Crippen molar-refractivity contribution in [3.8, 4) is 5.75 Å². The molecule has 1 aliphatic carbocycles. The Labute approximate surface area is 209 Å². The van der Waals surface area contributed by atoms with Gasteiger partial charge in [0.15, 0.2) is 0 Å². The van der Waals surface area contributed by atoms with E-state index in [1.165, 1.54) is 47.8 Å². The molecule has 182 valence electrons. The van der Waals surface area contributed by atoms with Crippen LogP contribution in [0.5, 0.6) is 5.75 Å². The number of ether oxygens (including phenoxy) is 1. The summed E-state index contributed by atoms with van der Waals surface area (Å²) in [6, 6.07) is 28.3. The highest BCUT2D eigenvalue weighted by atomic mass is 16.5. The molecular formula is C31H37N3O. The van der Waals surface area contributed by atoms with E-state index >= 15 is 0 Å². The molecule has 4 aromatic rings. The SMILES string of the molecule is CN(C)C1(c2ccccc2)CCC(NCCc2c[nH]c3c(OCc4ccccc4)cccc23)CC1. The van der Waals surface area contributed by atoms with Gasteiger partial charge in [-0.3, -0.25) is 4.90 Å². The van der Waals surface area contributed by atoms with Gasteiger partial charge in [-0.15, -0.1) is 0 Å². The Morgan fingerprint density at radius 3 is 2.34 bits per heavy atom. The smallest absolute Gasteiger partial charge is 0.143 e. The summed E-state index contributed by atoms with van der Waals surface area (Å²) in [7, 11) is 4.46. The molecule has 1 heterocycles. The van der Waals surface area contributed by atoms with Crippen molar-refractivity contribution >= 4 is 10.9 Å². The molecule has 0 amide bonds. The number of aromatic amines is 1. The first-order chi connectivity index (χ1) is 17.2. The molecule has 0 unspecified atom stereocenters. The second kappa shape index (κ2) is 10.7. The van der Waals surface area contributed by atoms with E-state index in [0.29, 0.717) is 12.6 Å². The van der Waals surface area contributed by atoms with Gasteiger partial charge >= 0.3 is 0 Å². The van der Waals surface area contributed by atoms with Gasteiger partial charge in [0.1, 0.15) is 12.4 Å². The summed E-state index contributed by atoms with van der Waals surface area (Å²) in [5, 5.41) is 5.11. The molecule has 5 rings (SSSR count). The lowest BCUT2D eigenvalue weighted by molar-refractivity contribution is 0.0858. The summed E-state index contributed by atoms with van der Waals surface area (Å²) in [5.41, 5.74) is 5.23. The number of nitrogens with zero attached hydrogens (tertiary/aromatic N) is 1. The van der Waals surface area contributed by atoms with Gasteiger partial charge in [-0.05, 0) is 75.5 Å². The third kappa shape index (κ3) is 5.14. The van der Waals surface area contributed by atoms with Crippen molar-refractivity contribution in [1.29, 1.82) is 0 Å². The third-order valence-electron chi connectivity index (χ3n) is 7.81. The number of aromatic nitrogens is 1. The van der Waals surface area contributed by atoms with Gasteiger partial charge in [0, 0.05) is 23.2 Å². The molecule has 0 radical (unpaired) electrons. The summed E-state index contributed by atoms with van der Waals surface area (Å²) in [4.78, 5) is 5.90. The van der Waals surface area contributed by atoms with Crippen LogP contribution in [0.25, 0.3) is 10.9 Å². The van der Waals surface area contributed by atoms with E-state index in [4.69, 9.17) is 4.74 Å². The van der Waals surface area contributed by atoms with Crippen LogP contribution in [0.4, 0.5) is 0 Å². The molecule has 1 fully saturated rings. The first-order valence-electron chi connectivity index (χ1n) is 12.9. The zero-order chi connectivity index (χ0) is 24.1. The maximum absolute atomic E-state index is 6.14. The van der Waals surface area contributed by atoms with Crippen molar-refractivity contribution < 1.29 is 4.74 Å². The highest BCUT2D eigenvalue weighted by Crippen LogP contribution is 2.41. The van der Waals surface area contributed by atoms with Crippen LogP contribution in [0.3, 0.4) is 0 Å².